The molecule has 0 aliphatic heterocycles. The van der Waals surface area contributed by atoms with Crippen molar-refractivity contribution >= 4 is 11.9 Å². The van der Waals surface area contributed by atoms with E-state index in [4.69, 9.17) is 9.47 Å². The van der Waals surface area contributed by atoms with Crippen LogP contribution in [0.1, 0.15) is 15.9 Å². The molecule has 1 aromatic heterocycles. The van der Waals surface area contributed by atoms with Gasteiger partial charge >= 0.3 is 0 Å². The Labute approximate surface area is 155 Å². The normalized spacial score (nSPS) is 11.0. The topological polar surface area (TPSA) is 66.2 Å². The van der Waals surface area contributed by atoms with Crippen molar-refractivity contribution in [2.24, 2.45) is 0 Å². The van der Waals surface area contributed by atoms with Crippen LogP contribution in [0.4, 0.5) is 4.39 Å². The average molecular weight is 367 g/mol. The van der Waals surface area contributed by atoms with Crippen LogP contribution >= 0.6 is 0 Å². The fourth-order valence-corrected chi connectivity index (χ4v) is 2.37. The molecule has 0 aliphatic rings. The molecule has 0 amide bonds. The number of ketones is 1. The number of ether oxygens (including phenoxy) is 2. The highest BCUT2D eigenvalue weighted by atomic mass is 19.1. The minimum absolute atomic E-state index is 0.181. The zero-order chi connectivity index (χ0) is 19.1. The van der Waals surface area contributed by atoms with E-state index in [1.54, 1.807) is 49.6 Å². The number of carbonyl (C=O) groups excluding carboxylic acids is 1. The molecule has 0 spiro atoms. The zero-order valence-electron chi connectivity index (χ0n) is 14.7. The summed E-state index contributed by atoms with van der Waals surface area (Å²) >= 11 is 0. The molecule has 7 heteroatoms. The van der Waals surface area contributed by atoms with E-state index in [2.05, 4.69) is 10.1 Å². The maximum absolute atomic E-state index is 14.2. The van der Waals surface area contributed by atoms with Gasteiger partial charge in [-0.15, -0.1) is 0 Å². The van der Waals surface area contributed by atoms with Crippen LogP contribution in [0.5, 0.6) is 5.75 Å². The first-order valence-electron chi connectivity index (χ1n) is 8.26. The Morgan fingerprint density at radius 2 is 2.00 bits per heavy atom. The number of hydrogen-bond donors (Lipinski definition) is 0. The largest absolute Gasteiger partial charge is 0.491 e. The predicted octanol–water partition coefficient (Wildman–Crippen LogP) is 3.33. The van der Waals surface area contributed by atoms with Gasteiger partial charge in [0, 0.05) is 12.7 Å². The Balaban J connectivity index is 1.65. The highest BCUT2D eigenvalue weighted by molar-refractivity contribution is 6.06. The molecule has 0 N–H and O–H groups in total. The fraction of sp³-hybridized carbons (Fsp3) is 0.150. The smallest absolute Gasteiger partial charge is 0.185 e. The molecule has 0 saturated carbocycles. The lowest BCUT2D eigenvalue weighted by atomic mass is 10.1. The maximum Gasteiger partial charge on any atom is 0.185 e. The monoisotopic (exact) mass is 367 g/mol. The number of hydrogen-bond acceptors (Lipinski definition) is 5. The molecule has 6 nitrogen and oxygen atoms in total. The van der Waals surface area contributed by atoms with Gasteiger partial charge < -0.3 is 9.47 Å². The second kappa shape index (κ2) is 8.86. The summed E-state index contributed by atoms with van der Waals surface area (Å²) in [4.78, 5) is 16.1. The van der Waals surface area contributed by atoms with Gasteiger partial charge in [-0.3, -0.25) is 4.79 Å². The standard InChI is InChI=1S/C20H18FN3O3/c1-26-10-11-27-17-6-4-16(5-7-17)20(25)9-3-15-2-8-19(18(21)12-15)24-14-22-13-23-24/h2-9,12-14H,10-11H2,1H3. The highest BCUT2D eigenvalue weighted by Gasteiger charge is 2.06. The van der Waals surface area contributed by atoms with Gasteiger partial charge in [0.05, 0.1) is 6.61 Å². The first kappa shape index (κ1) is 18.5. The number of rotatable bonds is 8. The second-order valence-corrected chi connectivity index (χ2v) is 5.61. The molecular formula is C20H18FN3O3. The van der Waals surface area contributed by atoms with Crippen molar-refractivity contribution in [3.05, 3.63) is 78.1 Å². The minimum Gasteiger partial charge on any atom is -0.491 e. The molecule has 1 heterocycles. The summed E-state index contributed by atoms with van der Waals surface area (Å²) in [5.74, 6) is 0.0326. The van der Waals surface area contributed by atoms with Crippen LogP contribution in [-0.2, 0) is 4.74 Å². The van der Waals surface area contributed by atoms with E-state index in [0.29, 0.717) is 35.8 Å². The van der Waals surface area contributed by atoms with Gasteiger partial charge in [-0.25, -0.2) is 14.1 Å². The Morgan fingerprint density at radius 3 is 2.67 bits per heavy atom. The molecule has 0 unspecified atom stereocenters. The predicted molar refractivity (Wildman–Crippen MR) is 98.5 cm³/mol. The van der Waals surface area contributed by atoms with Crippen molar-refractivity contribution in [3.8, 4) is 11.4 Å². The summed E-state index contributed by atoms with van der Waals surface area (Å²) in [6, 6.07) is 11.4. The van der Waals surface area contributed by atoms with Gasteiger partial charge in [0.2, 0.25) is 0 Å². The van der Waals surface area contributed by atoms with Crippen LogP contribution in [0.2, 0.25) is 0 Å². The van der Waals surface area contributed by atoms with Crippen molar-refractivity contribution in [2.45, 2.75) is 0 Å². The molecule has 0 saturated heterocycles. The third kappa shape index (κ3) is 4.86. The van der Waals surface area contributed by atoms with Crippen molar-refractivity contribution in [1.82, 2.24) is 14.8 Å². The number of carbonyl (C=O) groups is 1. The Bertz CT molecular complexity index is 922. The molecule has 0 bridgehead atoms. The number of aromatic nitrogens is 3. The molecule has 0 atom stereocenters. The van der Waals surface area contributed by atoms with Gasteiger partial charge in [0.1, 0.15) is 36.5 Å². The van der Waals surface area contributed by atoms with Gasteiger partial charge in [0.15, 0.2) is 5.78 Å². The Hall–Kier alpha value is -3.32. The van der Waals surface area contributed by atoms with Crippen LogP contribution in [0.15, 0.2) is 61.2 Å². The molecule has 27 heavy (non-hydrogen) atoms. The number of methoxy groups -OCH3 is 1. The number of allylic oxidation sites excluding steroid dienone is 1. The Kier molecular flexibility index (Phi) is 6.06. The first-order chi connectivity index (χ1) is 13.2. The van der Waals surface area contributed by atoms with Gasteiger partial charge in [-0.2, -0.15) is 5.10 Å². The summed E-state index contributed by atoms with van der Waals surface area (Å²) in [5, 5.41) is 3.90. The van der Waals surface area contributed by atoms with E-state index in [9.17, 15) is 9.18 Å². The van der Waals surface area contributed by atoms with Crippen LogP contribution in [0.25, 0.3) is 11.8 Å². The van der Waals surface area contributed by atoms with Crippen LogP contribution in [0, 0.1) is 5.82 Å². The summed E-state index contributed by atoms with van der Waals surface area (Å²) in [7, 11) is 1.60. The van der Waals surface area contributed by atoms with Gasteiger partial charge in [0.25, 0.3) is 0 Å². The molecule has 0 aliphatic carbocycles. The summed E-state index contributed by atoms with van der Waals surface area (Å²) in [5.41, 5.74) is 1.38. The summed E-state index contributed by atoms with van der Waals surface area (Å²) in [6.45, 7) is 0.940. The third-order valence-electron chi connectivity index (χ3n) is 3.76. The van der Waals surface area contributed by atoms with E-state index in [1.807, 2.05) is 0 Å². The minimum atomic E-state index is -0.451. The van der Waals surface area contributed by atoms with E-state index < -0.39 is 5.82 Å². The van der Waals surface area contributed by atoms with E-state index in [-0.39, 0.29) is 5.78 Å². The average Bonchev–Trinajstić information content (AvgIpc) is 3.21. The SMILES string of the molecule is COCCOc1ccc(C(=O)C=Cc2ccc(-n3cncn3)c(F)c2)cc1. The van der Waals surface area contributed by atoms with Crippen molar-refractivity contribution in [3.63, 3.8) is 0 Å². The van der Waals surface area contributed by atoms with Crippen molar-refractivity contribution < 1.29 is 18.7 Å². The van der Waals surface area contributed by atoms with Crippen LogP contribution < -0.4 is 4.74 Å². The Morgan fingerprint density at radius 1 is 1.19 bits per heavy atom. The molecule has 138 valence electrons. The summed E-state index contributed by atoms with van der Waals surface area (Å²) < 4.78 is 25.9. The lowest BCUT2D eigenvalue weighted by Gasteiger charge is -2.05. The fourth-order valence-electron chi connectivity index (χ4n) is 2.37. The molecule has 3 aromatic rings. The molecule has 0 radical (unpaired) electrons. The molecule has 2 aromatic carbocycles. The quantitative estimate of drug-likeness (QED) is 0.347. The number of halogens is 1. The van der Waals surface area contributed by atoms with Crippen molar-refractivity contribution in [1.29, 1.82) is 0 Å². The van der Waals surface area contributed by atoms with Crippen molar-refractivity contribution in [2.75, 3.05) is 20.3 Å². The van der Waals surface area contributed by atoms with Crippen LogP contribution in [-0.4, -0.2) is 40.9 Å². The van der Waals surface area contributed by atoms with Gasteiger partial charge in [-0.1, -0.05) is 12.1 Å². The number of nitrogens with zero attached hydrogens (tertiary/aromatic N) is 3. The van der Waals surface area contributed by atoms with E-state index >= 15 is 0 Å². The molecular weight excluding hydrogens is 349 g/mol. The van der Waals surface area contributed by atoms with E-state index in [0.717, 1.165) is 0 Å². The lowest BCUT2D eigenvalue weighted by molar-refractivity contribution is 0.104. The number of benzene rings is 2. The first-order valence-corrected chi connectivity index (χ1v) is 8.26. The van der Waals surface area contributed by atoms with Crippen LogP contribution in [0.3, 0.4) is 0 Å². The molecule has 0 fully saturated rings. The van der Waals surface area contributed by atoms with E-state index in [1.165, 1.54) is 29.5 Å². The van der Waals surface area contributed by atoms with Gasteiger partial charge in [-0.05, 0) is 48.0 Å². The molecule has 3 rings (SSSR count). The third-order valence-corrected chi connectivity index (χ3v) is 3.76. The lowest BCUT2D eigenvalue weighted by Crippen LogP contribution is -2.04. The zero-order valence-corrected chi connectivity index (χ0v) is 14.7. The highest BCUT2D eigenvalue weighted by Crippen LogP contribution is 2.16. The second-order valence-electron chi connectivity index (χ2n) is 5.61. The summed E-state index contributed by atoms with van der Waals surface area (Å²) in [6.07, 6.45) is 5.73. The maximum atomic E-state index is 14.2.